The number of fused-ring (bicyclic) bond motifs is 3. The minimum atomic E-state index is -0.472. The van der Waals surface area contributed by atoms with Crippen LogP contribution in [0.25, 0.3) is 66.8 Å². The van der Waals surface area contributed by atoms with E-state index in [1.54, 1.807) is 0 Å². The second-order valence-electron chi connectivity index (χ2n) is 8.83. The Labute approximate surface area is 247 Å². The molecule has 0 unspecified atom stereocenters. The van der Waals surface area contributed by atoms with Gasteiger partial charge in [0.1, 0.15) is 0 Å². The zero-order valence-corrected chi connectivity index (χ0v) is 24.7. The number of H-pyrrole nitrogens is 1. The monoisotopic (exact) mass is 740 g/mol. The molecule has 0 aliphatic heterocycles. The number of aromatic nitrogens is 5. The number of hydrogen-bond donors (Lipinski definition) is 1. The smallest absolute Gasteiger partial charge is 0.0730 e. The van der Waals surface area contributed by atoms with Gasteiger partial charge in [0, 0.05) is 63.3 Å². The predicted molar refractivity (Wildman–Crippen MR) is 160 cm³/mol. The molecule has 7 aromatic rings. The summed E-state index contributed by atoms with van der Waals surface area (Å²) in [5, 5.41) is 2.22. The second kappa shape index (κ2) is 12.1. The molecule has 0 fully saturated rings. The van der Waals surface area contributed by atoms with Gasteiger partial charge >= 0.3 is 35.3 Å². The van der Waals surface area contributed by atoms with E-state index in [4.69, 9.17) is 38.8 Å². The van der Waals surface area contributed by atoms with Crippen molar-refractivity contribution in [3.8, 4) is 45.0 Å². The van der Waals surface area contributed by atoms with E-state index >= 15 is 0 Å². The molecule has 7 rings (SSSR count). The second-order valence-corrected chi connectivity index (χ2v) is 12.1. The van der Waals surface area contributed by atoms with Crippen molar-refractivity contribution in [2.45, 2.75) is 0 Å². The van der Waals surface area contributed by atoms with Crippen LogP contribution in [0.2, 0.25) is 0 Å². The Morgan fingerprint density at radius 3 is 1.35 bits per heavy atom. The van der Waals surface area contributed by atoms with Gasteiger partial charge in [-0.05, 0) is 54.6 Å². The molecule has 0 aliphatic carbocycles. The fourth-order valence-electron chi connectivity index (χ4n) is 5.16. The van der Waals surface area contributed by atoms with Gasteiger partial charge in [0.2, 0.25) is 0 Å². The molecule has 0 radical (unpaired) electrons. The van der Waals surface area contributed by atoms with Crippen LogP contribution in [0.1, 0.15) is 0 Å². The van der Waals surface area contributed by atoms with Gasteiger partial charge in [-0.3, -0.25) is 19.9 Å². The van der Waals surface area contributed by atoms with Crippen LogP contribution in [-0.2, 0) is 16.5 Å². The van der Waals surface area contributed by atoms with Crippen LogP contribution in [0.3, 0.4) is 0 Å². The first-order valence-electron chi connectivity index (χ1n) is 12.4. The van der Waals surface area contributed by atoms with Crippen LogP contribution in [-0.4, -0.2) is 24.9 Å². The summed E-state index contributed by atoms with van der Waals surface area (Å²) in [6.45, 7) is 0. The Balaban J connectivity index is 0.000000925. The number of para-hydroxylation sites is 1. The average Bonchev–Trinajstić information content (AvgIpc) is 3.41. The normalized spacial score (nSPS) is 10.9. The predicted octanol–water partition coefficient (Wildman–Crippen LogP) is 8.95. The Morgan fingerprint density at radius 2 is 0.875 bits per heavy atom. The molecular weight excluding hydrogens is 720 g/mol. The van der Waals surface area contributed by atoms with Crippen molar-refractivity contribution in [3.05, 3.63) is 122 Å². The van der Waals surface area contributed by atoms with E-state index in [9.17, 15) is 0 Å². The number of halogens is 2. The Hall–Kier alpha value is -3.89. The van der Waals surface area contributed by atoms with E-state index in [0.717, 1.165) is 66.8 Å². The third-order valence-electron chi connectivity index (χ3n) is 6.64. The van der Waals surface area contributed by atoms with Gasteiger partial charge in [-0.25, -0.2) is 0 Å². The summed E-state index contributed by atoms with van der Waals surface area (Å²) in [6, 6.07) is 32.4. The third kappa shape index (κ3) is 4.93. The molecule has 0 amide bonds. The first-order valence-corrected chi connectivity index (χ1v) is 18.0. The number of aromatic amines is 1. The van der Waals surface area contributed by atoms with E-state index in [2.05, 4.69) is 47.4 Å². The quantitative estimate of drug-likeness (QED) is 0.196. The van der Waals surface area contributed by atoms with E-state index in [1.807, 2.05) is 79.4 Å². The van der Waals surface area contributed by atoms with Gasteiger partial charge < -0.3 is 4.98 Å². The summed E-state index contributed by atoms with van der Waals surface area (Å²) in [4.78, 5) is 23.0. The number of hydrogen-bond acceptors (Lipinski definition) is 4. The molecule has 0 saturated carbocycles. The molecule has 198 valence electrons. The van der Waals surface area contributed by atoms with Crippen LogP contribution in [0.4, 0.5) is 0 Å². The maximum absolute atomic E-state index is 4.88. The first-order chi connectivity index (χ1) is 19.8. The molecule has 5 heterocycles. The van der Waals surface area contributed by atoms with Crippen molar-refractivity contribution in [3.63, 3.8) is 0 Å². The van der Waals surface area contributed by atoms with Crippen LogP contribution < -0.4 is 0 Å². The molecule has 0 spiro atoms. The van der Waals surface area contributed by atoms with Crippen LogP contribution in [0.5, 0.6) is 0 Å². The van der Waals surface area contributed by atoms with E-state index in [-0.39, 0.29) is 0 Å². The van der Waals surface area contributed by atoms with E-state index < -0.39 is 16.5 Å². The van der Waals surface area contributed by atoms with Gasteiger partial charge in [-0.15, -0.1) is 0 Å². The number of rotatable bonds is 4. The minimum absolute atomic E-state index is 0.472. The fraction of sp³-hybridized carbons (Fsp3) is 0. The molecule has 0 bridgehead atoms. The maximum atomic E-state index is 4.88. The molecule has 0 aliphatic rings. The zero-order valence-electron chi connectivity index (χ0n) is 20.9. The summed E-state index contributed by atoms with van der Waals surface area (Å²) in [6.07, 6.45) is 7.33. The van der Waals surface area contributed by atoms with Gasteiger partial charge in [0.15, 0.2) is 0 Å². The average molecular weight is 742 g/mol. The van der Waals surface area contributed by atoms with Crippen molar-refractivity contribution in [2.24, 2.45) is 0 Å². The third-order valence-corrected chi connectivity index (χ3v) is 6.64. The standard InChI is InChI=1S/C32H21N5.2ClH.Pt/c1-2-12-22-21(11-1)27-28(23-13-3-7-17-33-23)29(24-14-4-8-18-34-24)30(25-15-5-9-19-35-25)31(32(27)37-22)26-16-6-10-20-36-26;;;/h1-20,37H;2*1H;/q;;;+2/p-2. The van der Waals surface area contributed by atoms with Crippen molar-refractivity contribution >= 4 is 40.6 Å². The summed E-state index contributed by atoms with van der Waals surface area (Å²) >= 11 is -0.472. The van der Waals surface area contributed by atoms with Crippen molar-refractivity contribution < 1.29 is 16.5 Å². The molecule has 5 aromatic heterocycles. The van der Waals surface area contributed by atoms with Crippen molar-refractivity contribution in [1.29, 1.82) is 0 Å². The fourth-order valence-corrected chi connectivity index (χ4v) is 5.16. The number of benzene rings is 2. The topological polar surface area (TPSA) is 67.3 Å². The van der Waals surface area contributed by atoms with Gasteiger partial charge in [0.25, 0.3) is 0 Å². The number of nitrogens with one attached hydrogen (secondary N) is 1. The number of nitrogens with zero attached hydrogens (tertiary/aromatic N) is 4. The Bertz CT molecular complexity index is 1880. The SMILES string of the molecule is [Cl][Pt][Cl].c1ccc(-c2c(-c3ccccn3)c(-c3ccccn3)c3c([nH]c4ccccc43)c2-c2ccccn2)nc1. The molecule has 0 saturated heterocycles. The molecule has 40 heavy (non-hydrogen) atoms. The zero-order chi connectivity index (χ0) is 27.3. The summed E-state index contributed by atoms with van der Waals surface area (Å²) < 4.78 is 0. The number of pyridine rings is 4. The molecule has 8 heteroatoms. The maximum Gasteiger partial charge on any atom is 0.0730 e. The summed E-state index contributed by atoms with van der Waals surface area (Å²) in [7, 11) is 9.75. The first kappa shape index (κ1) is 26.3. The Morgan fingerprint density at radius 1 is 0.475 bits per heavy atom. The van der Waals surface area contributed by atoms with Gasteiger partial charge in [-0.2, -0.15) is 0 Å². The molecule has 2 aromatic carbocycles. The van der Waals surface area contributed by atoms with Crippen LogP contribution >= 0.6 is 18.8 Å². The van der Waals surface area contributed by atoms with E-state index in [1.165, 1.54) is 0 Å². The molecular formula is C32H21Cl2N5Pt. The van der Waals surface area contributed by atoms with Crippen molar-refractivity contribution in [2.75, 3.05) is 0 Å². The van der Waals surface area contributed by atoms with Crippen molar-refractivity contribution in [1.82, 2.24) is 24.9 Å². The molecule has 1 N–H and O–H groups in total. The van der Waals surface area contributed by atoms with Gasteiger partial charge in [-0.1, -0.05) is 42.5 Å². The minimum Gasteiger partial charge on any atom is -0.354 e. The molecule has 5 nitrogen and oxygen atoms in total. The van der Waals surface area contributed by atoms with E-state index in [0.29, 0.717) is 0 Å². The van der Waals surface area contributed by atoms with Crippen LogP contribution in [0.15, 0.2) is 122 Å². The summed E-state index contributed by atoms with van der Waals surface area (Å²) in [5.41, 5.74) is 9.46. The molecule has 0 atom stereocenters. The summed E-state index contributed by atoms with van der Waals surface area (Å²) in [5.74, 6) is 0. The van der Waals surface area contributed by atoms with Gasteiger partial charge in [0.05, 0.1) is 28.3 Å². The largest absolute Gasteiger partial charge is 0.354 e. The Kier molecular flexibility index (Phi) is 7.96. The van der Waals surface area contributed by atoms with Crippen LogP contribution in [0, 0.1) is 0 Å².